The number of aromatic nitrogens is 3. The molecular formula is C19H21ClN4O3. The molecule has 0 aliphatic rings. The summed E-state index contributed by atoms with van der Waals surface area (Å²) in [5.41, 5.74) is 2.29. The van der Waals surface area contributed by atoms with Crippen LogP contribution in [0.5, 0.6) is 11.5 Å². The first kappa shape index (κ1) is 19.0. The number of pyridine rings is 1. The van der Waals surface area contributed by atoms with Crippen LogP contribution in [0.25, 0.3) is 11.0 Å². The van der Waals surface area contributed by atoms with Crippen molar-refractivity contribution >= 4 is 34.2 Å². The van der Waals surface area contributed by atoms with Gasteiger partial charge in [-0.05, 0) is 26.8 Å². The fraction of sp³-hybridized carbons (Fsp3) is 0.316. The minimum absolute atomic E-state index is 0.180. The van der Waals surface area contributed by atoms with Crippen LogP contribution in [0.2, 0.25) is 5.02 Å². The number of ether oxygens (including phenoxy) is 2. The Labute approximate surface area is 162 Å². The highest BCUT2D eigenvalue weighted by molar-refractivity contribution is 6.32. The van der Waals surface area contributed by atoms with E-state index in [9.17, 15) is 4.79 Å². The third-order valence-electron chi connectivity index (χ3n) is 4.22. The van der Waals surface area contributed by atoms with Gasteiger partial charge in [-0.2, -0.15) is 5.10 Å². The van der Waals surface area contributed by atoms with Crippen molar-refractivity contribution in [1.29, 1.82) is 0 Å². The van der Waals surface area contributed by atoms with Crippen molar-refractivity contribution in [2.75, 3.05) is 19.5 Å². The van der Waals surface area contributed by atoms with E-state index in [2.05, 4.69) is 15.4 Å². The van der Waals surface area contributed by atoms with E-state index < -0.39 is 0 Å². The number of carbonyl (C=O) groups excluding carboxylic acids is 1. The van der Waals surface area contributed by atoms with Crippen LogP contribution in [-0.4, -0.2) is 34.9 Å². The first-order chi connectivity index (χ1) is 12.8. The second-order valence-electron chi connectivity index (χ2n) is 6.36. The smallest absolute Gasteiger partial charge is 0.257 e. The van der Waals surface area contributed by atoms with Gasteiger partial charge in [0.25, 0.3) is 5.91 Å². The molecule has 2 aromatic heterocycles. The summed E-state index contributed by atoms with van der Waals surface area (Å²) in [5.74, 6) is 0.576. The number of anilines is 1. The summed E-state index contributed by atoms with van der Waals surface area (Å²) < 4.78 is 12.4. The molecule has 0 aliphatic heterocycles. The Morgan fingerprint density at radius 2 is 1.89 bits per heavy atom. The second kappa shape index (κ2) is 7.44. The Kier molecular flexibility index (Phi) is 5.23. The number of nitrogens with zero attached hydrogens (tertiary/aromatic N) is 3. The zero-order chi connectivity index (χ0) is 19.7. The SMILES string of the molecule is COc1cc(NC(=O)c2cc3cnn(C(C)C)c3nc2C)c(OC)cc1Cl. The van der Waals surface area contributed by atoms with Crippen molar-refractivity contribution in [2.24, 2.45) is 0 Å². The lowest BCUT2D eigenvalue weighted by Crippen LogP contribution is -2.15. The Morgan fingerprint density at radius 1 is 1.19 bits per heavy atom. The van der Waals surface area contributed by atoms with E-state index >= 15 is 0 Å². The highest BCUT2D eigenvalue weighted by Crippen LogP contribution is 2.36. The zero-order valence-corrected chi connectivity index (χ0v) is 16.6. The number of hydrogen-bond donors (Lipinski definition) is 1. The summed E-state index contributed by atoms with van der Waals surface area (Å²) >= 11 is 6.12. The molecule has 0 fully saturated rings. The van der Waals surface area contributed by atoms with Crippen LogP contribution in [-0.2, 0) is 0 Å². The van der Waals surface area contributed by atoms with Crippen molar-refractivity contribution in [3.8, 4) is 11.5 Å². The normalized spacial score (nSPS) is 11.1. The summed E-state index contributed by atoms with van der Waals surface area (Å²) in [7, 11) is 3.01. The minimum atomic E-state index is -0.304. The highest BCUT2D eigenvalue weighted by Gasteiger charge is 2.18. The van der Waals surface area contributed by atoms with E-state index in [0.717, 1.165) is 11.0 Å². The maximum atomic E-state index is 12.9. The molecule has 3 aromatic rings. The summed E-state index contributed by atoms with van der Waals surface area (Å²) in [6.07, 6.45) is 1.71. The van der Waals surface area contributed by atoms with Crippen molar-refractivity contribution < 1.29 is 14.3 Å². The zero-order valence-electron chi connectivity index (χ0n) is 15.8. The Bertz CT molecular complexity index is 1010. The number of methoxy groups -OCH3 is 2. The summed E-state index contributed by atoms with van der Waals surface area (Å²) in [5, 5.41) is 8.40. The van der Waals surface area contributed by atoms with Gasteiger partial charge in [0, 0.05) is 23.6 Å². The van der Waals surface area contributed by atoms with Gasteiger partial charge in [-0.25, -0.2) is 9.67 Å². The molecule has 0 spiro atoms. The van der Waals surface area contributed by atoms with E-state index in [-0.39, 0.29) is 11.9 Å². The number of amides is 1. The Balaban J connectivity index is 1.98. The molecule has 1 amide bonds. The van der Waals surface area contributed by atoms with Gasteiger partial charge in [-0.3, -0.25) is 4.79 Å². The Hall–Kier alpha value is -2.80. The quantitative estimate of drug-likeness (QED) is 0.707. The van der Waals surface area contributed by atoms with Crippen molar-refractivity contribution in [3.05, 3.63) is 40.7 Å². The van der Waals surface area contributed by atoms with Crippen LogP contribution in [0.3, 0.4) is 0 Å². The number of aryl methyl sites for hydroxylation is 1. The van der Waals surface area contributed by atoms with Crippen molar-refractivity contribution in [2.45, 2.75) is 26.8 Å². The van der Waals surface area contributed by atoms with Gasteiger partial charge in [0.05, 0.1) is 42.4 Å². The third-order valence-corrected chi connectivity index (χ3v) is 4.51. The summed E-state index contributed by atoms with van der Waals surface area (Å²) in [4.78, 5) is 17.4. The number of rotatable bonds is 5. The first-order valence-electron chi connectivity index (χ1n) is 8.43. The maximum Gasteiger partial charge on any atom is 0.257 e. The fourth-order valence-electron chi connectivity index (χ4n) is 2.82. The fourth-order valence-corrected chi connectivity index (χ4v) is 3.05. The van der Waals surface area contributed by atoms with Gasteiger partial charge in [0.2, 0.25) is 0 Å². The molecule has 1 N–H and O–H groups in total. The van der Waals surface area contributed by atoms with Crippen molar-refractivity contribution in [1.82, 2.24) is 14.8 Å². The van der Waals surface area contributed by atoms with Crippen LogP contribution in [0.1, 0.15) is 35.9 Å². The van der Waals surface area contributed by atoms with E-state index in [1.807, 2.05) is 18.5 Å². The lowest BCUT2D eigenvalue weighted by Gasteiger charge is -2.14. The molecule has 1 aromatic carbocycles. The standard InChI is InChI=1S/C19H21ClN4O3/c1-10(2)24-18-12(9-21-24)6-13(11(3)22-18)19(25)23-15-8-16(26-4)14(20)7-17(15)27-5/h6-10H,1-5H3,(H,23,25). The predicted molar refractivity (Wildman–Crippen MR) is 105 cm³/mol. The maximum absolute atomic E-state index is 12.9. The van der Waals surface area contributed by atoms with Crippen LogP contribution >= 0.6 is 11.6 Å². The molecule has 0 unspecified atom stereocenters. The lowest BCUT2D eigenvalue weighted by atomic mass is 10.1. The third kappa shape index (κ3) is 3.55. The molecule has 27 heavy (non-hydrogen) atoms. The summed E-state index contributed by atoms with van der Waals surface area (Å²) in [6.45, 7) is 5.86. The molecule has 0 atom stereocenters. The average molecular weight is 389 g/mol. The van der Waals surface area contributed by atoms with E-state index in [1.165, 1.54) is 14.2 Å². The molecule has 0 bridgehead atoms. The highest BCUT2D eigenvalue weighted by atomic mass is 35.5. The van der Waals surface area contributed by atoms with Gasteiger partial charge in [-0.1, -0.05) is 11.6 Å². The second-order valence-corrected chi connectivity index (χ2v) is 6.77. The molecule has 0 saturated carbocycles. The topological polar surface area (TPSA) is 78.3 Å². The molecule has 0 radical (unpaired) electrons. The van der Waals surface area contributed by atoms with Crippen molar-refractivity contribution in [3.63, 3.8) is 0 Å². The number of fused-ring (bicyclic) bond motifs is 1. The van der Waals surface area contributed by atoms with Crippen LogP contribution in [0.4, 0.5) is 5.69 Å². The first-order valence-corrected chi connectivity index (χ1v) is 8.81. The van der Waals surface area contributed by atoms with Gasteiger partial charge in [-0.15, -0.1) is 0 Å². The lowest BCUT2D eigenvalue weighted by molar-refractivity contribution is 0.102. The number of benzene rings is 1. The molecule has 142 valence electrons. The average Bonchev–Trinajstić information content (AvgIpc) is 3.04. The van der Waals surface area contributed by atoms with Crippen LogP contribution in [0, 0.1) is 6.92 Å². The number of carbonyl (C=O) groups is 1. The Morgan fingerprint density at radius 3 is 2.52 bits per heavy atom. The summed E-state index contributed by atoms with van der Waals surface area (Å²) in [6, 6.07) is 5.19. The van der Waals surface area contributed by atoms with Gasteiger partial charge in [0.15, 0.2) is 5.65 Å². The number of hydrogen-bond acceptors (Lipinski definition) is 5. The van der Waals surface area contributed by atoms with E-state index in [4.69, 9.17) is 21.1 Å². The molecule has 2 heterocycles. The molecule has 8 heteroatoms. The van der Waals surface area contributed by atoms with E-state index in [0.29, 0.717) is 33.5 Å². The largest absolute Gasteiger partial charge is 0.495 e. The van der Waals surface area contributed by atoms with Gasteiger partial charge in [0.1, 0.15) is 11.5 Å². The monoisotopic (exact) mass is 388 g/mol. The molecule has 3 rings (SSSR count). The van der Waals surface area contributed by atoms with Gasteiger partial charge < -0.3 is 14.8 Å². The number of nitrogens with one attached hydrogen (secondary N) is 1. The predicted octanol–water partition coefficient (Wildman–Crippen LogP) is 4.24. The van der Waals surface area contributed by atoms with Gasteiger partial charge >= 0.3 is 0 Å². The van der Waals surface area contributed by atoms with Crippen LogP contribution in [0.15, 0.2) is 24.4 Å². The number of halogens is 1. The molecule has 7 nitrogen and oxygen atoms in total. The van der Waals surface area contributed by atoms with Crippen LogP contribution < -0.4 is 14.8 Å². The molecule has 0 saturated heterocycles. The molecule has 0 aliphatic carbocycles. The van der Waals surface area contributed by atoms with E-state index in [1.54, 1.807) is 31.3 Å². The minimum Gasteiger partial charge on any atom is -0.495 e. The molecular weight excluding hydrogens is 368 g/mol.